The first-order chi connectivity index (χ1) is 8.38. The molecule has 0 heterocycles. The second kappa shape index (κ2) is 9.70. The van der Waals surface area contributed by atoms with Crippen LogP contribution in [0.25, 0.3) is 10.8 Å². The van der Waals surface area contributed by atoms with Crippen molar-refractivity contribution in [2.45, 2.75) is 36.3 Å². The fourth-order valence-corrected chi connectivity index (χ4v) is 2.31. The van der Waals surface area contributed by atoms with Crippen LogP contribution >= 0.6 is 0 Å². The zero-order chi connectivity index (χ0) is 12.3. The Morgan fingerprint density at radius 3 is 1.59 bits per heavy atom. The quantitative estimate of drug-likeness (QED) is 0.518. The SMILES string of the molecule is CCCCC[CH2][Na].c1ccc2ccccc2c1. The molecule has 0 aliphatic heterocycles. The monoisotopic (exact) mass is 236 g/mol. The van der Waals surface area contributed by atoms with Gasteiger partial charge in [-0.05, 0) is 10.8 Å². The Morgan fingerprint density at radius 2 is 1.24 bits per heavy atom. The van der Waals surface area contributed by atoms with E-state index in [1.54, 1.807) is 0 Å². The molecule has 0 amide bonds. The molecule has 0 aromatic heterocycles. The molecule has 0 bridgehead atoms. The Kier molecular flexibility index (Phi) is 8.42. The summed E-state index contributed by atoms with van der Waals surface area (Å²) in [5.74, 6) is 0. The third kappa shape index (κ3) is 6.26. The van der Waals surface area contributed by atoms with Crippen LogP contribution in [0.15, 0.2) is 48.5 Å². The number of hydrogen-bond donors (Lipinski definition) is 0. The molecule has 0 radical (unpaired) electrons. The minimum absolute atomic E-state index is 1.31. The van der Waals surface area contributed by atoms with Crippen LogP contribution in [0.3, 0.4) is 0 Å². The Balaban J connectivity index is 0.000000185. The summed E-state index contributed by atoms with van der Waals surface area (Å²) >= 11 is 1.41. The predicted molar refractivity (Wildman–Crippen MR) is 78.7 cm³/mol. The Labute approximate surface area is 123 Å². The number of rotatable bonds is 4. The van der Waals surface area contributed by atoms with E-state index in [1.807, 2.05) is 0 Å². The second-order valence-corrected chi connectivity index (χ2v) is 5.41. The maximum absolute atomic E-state index is 2.26. The fourth-order valence-electron chi connectivity index (χ4n) is 1.81. The van der Waals surface area contributed by atoms with Gasteiger partial charge in [0.15, 0.2) is 0 Å². The second-order valence-electron chi connectivity index (χ2n) is 4.41. The number of fused-ring (bicyclic) bond motifs is 1. The van der Waals surface area contributed by atoms with Gasteiger partial charge in [0, 0.05) is 0 Å². The van der Waals surface area contributed by atoms with Crippen LogP contribution in [0.4, 0.5) is 0 Å². The molecule has 0 spiro atoms. The zero-order valence-electron chi connectivity index (χ0n) is 11.2. The van der Waals surface area contributed by atoms with Gasteiger partial charge in [-0.1, -0.05) is 48.5 Å². The molecule has 0 saturated carbocycles. The minimum atomic E-state index is 1.31. The van der Waals surface area contributed by atoms with Crippen molar-refractivity contribution in [3.8, 4) is 0 Å². The van der Waals surface area contributed by atoms with Crippen molar-refractivity contribution in [3.05, 3.63) is 48.5 Å². The van der Waals surface area contributed by atoms with Gasteiger partial charge in [0.1, 0.15) is 0 Å². The molecular weight excluding hydrogens is 215 g/mol. The predicted octanol–water partition coefficient (Wildman–Crippen LogP) is 4.99. The van der Waals surface area contributed by atoms with Crippen molar-refractivity contribution in [2.24, 2.45) is 0 Å². The average Bonchev–Trinajstić information content (AvgIpc) is 2.40. The van der Waals surface area contributed by atoms with Crippen molar-refractivity contribution in [1.29, 1.82) is 0 Å². The van der Waals surface area contributed by atoms with E-state index in [0.29, 0.717) is 0 Å². The smallest absolute Gasteiger partial charge is 0.0184 e. The molecular formula is C16H21Na. The molecule has 0 fully saturated rings. The molecule has 0 N–H and O–H groups in total. The van der Waals surface area contributed by atoms with E-state index in [9.17, 15) is 0 Å². The summed E-state index contributed by atoms with van der Waals surface area (Å²) in [6.07, 6.45) is 5.78. The Bertz CT molecular complexity index is 339. The third-order valence-corrected chi connectivity index (χ3v) is 3.57. The van der Waals surface area contributed by atoms with E-state index in [1.165, 1.54) is 68.1 Å². The van der Waals surface area contributed by atoms with Gasteiger partial charge in [-0.15, -0.1) is 0 Å². The molecule has 1 heteroatoms. The largest absolute Gasteiger partial charge is 0.0616 e. The summed E-state index contributed by atoms with van der Waals surface area (Å²) in [6, 6.07) is 16.7. The van der Waals surface area contributed by atoms with Crippen LogP contribution in [0, 0.1) is 0 Å². The first-order valence-corrected chi connectivity index (χ1v) is 8.23. The van der Waals surface area contributed by atoms with E-state index in [2.05, 4.69) is 55.5 Å². The van der Waals surface area contributed by atoms with E-state index >= 15 is 0 Å². The summed E-state index contributed by atoms with van der Waals surface area (Å²) in [7, 11) is 0. The minimum Gasteiger partial charge on any atom is -0.0616 e. The summed E-state index contributed by atoms with van der Waals surface area (Å²) in [5, 5.41) is 2.62. The van der Waals surface area contributed by atoms with Crippen molar-refractivity contribution in [1.82, 2.24) is 0 Å². The van der Waals surface area contributed by atoms with Crippen LogP contribution in [0.5, 0.6) is 0 Å². The van der Waals surface area contributed by atoms with Gasteiger partial charge in [0.25, 0.3) is 0 Å². The molecule has 0 aliphatic carbocycles. The van der Waals surface area contributed by atoms with Gasteiger partial charge in [-0.25, -0.2) is 0 Å². The third-order valence-electron chi connectivity index (χ3n) is 2.87. The number of benzene rings is 2. The Morgan fingerprint density at radius 1 is 0.765 bits per heavy atom. The topological polar surface area (TPSA) is 0 Å². The molecule has 0 aliphatic rings. The molecule has 17 heavy (non-hydrogen) atoms. The number of unbranched alkanes of at least 4 members (excludes halogenated alkanes) is 3. The van der Waals surface area contributed by atoms with Gasteiger partial charge < -0.3 is 0 Å². The molecule has 2 aromatic rings. The summed E-state index contributed by atoms with van der Waals surface area (Å²) in [6.45, 7) is 2.26. The molecule has 2 aromatic carbocycles. The molecule has 0 saturated heterocycles. The van der Waals surface area contributed by atoms with Crippen molar-refractivity contribution in [2.75, 3.05) is 0 Å². The van der Waals surface area contributed by atoms with Crippen molar-refractivity contribution in [3.63, 3.8) is 0 Å². The summed E-state index contributed by atoms with van der Waals surface area (Å²) in [5.41, 5.74) is 0. The van der Waals surface area contributed by atoms with Gasteiger partial charge in [0.2, 0.25) is 0 Å². The van der Waals surface area contributed by atoms with Crippen LogP contribution in [-0.2, 0) is 0 Å². The average molecular weight is 236 g/mol. The molecule has 0 unspecified atom stereocenters. The van der Waals surface area contributed by atoms with E-state index in [0.717, 1.165) is 0 Å². The van der Waals surface area contributed by atoms with Crippen LogP contribution in [0.1, 0.15) is 32.6 Å². The fraction of sp³-hybridized carbons (Fsp3) is 0.375. The van der Waals surface area contributed by atoms with Crippen LogP contribution < -0.4 is 0 Å². The van der Waals surface area contributed by atoms with Gasteiger partial charge in [0.05, 0.1) is 0 Å². The molecule has 0 atom stereocenters. The van der Waals surface area contributed by atoms with Crippen molar-refractivity contribution < 1.29 is 0 Å². The van der Waals surface area contributed by atoms with E-state index in [4.69, 9.17) is 0 Å². The van der Waals surface area contributed by atoms with Gasteiger partial charge in [-0.3, -0.25) is 0 Å². The molecule has 2 rings (SSSR count). The standard InChI is InChI=1S/C10H8.C6H13.Na/c1-2-6-10-8-4-3-7-9(10)5-1;1-3-5-6-4-2;/h1-8H;1,3-6H2,2H3;. The summed E-state index contributed by atoms with van der Waals surface area (Å²) in [4.78, 5) is 0. The number of hydrogen-bond acceptors (Lipinski definition) is 0. The van der Waals surface area contributed by atoms with E-state index in [-0.39, 0.29) is 0 Å². The zero-order valence-corrected chi connectivity index (χ0v) is 13.2. The van der Waals surface area contributed by atoms with Crippen molar-refractivity contribution >= 4 is 38.7 Å². The summed E-state index contributed by atoms with van der Waals surface area (Å²) < 4.78 is 1.50. The maximum atomic E-state index is 2.26. The van der Waals surface area contributed by atoms with Gasteiger partial charge in [-0.2, -0.15) is 0 Å². The van der Waals surface area contributed by atoms with Crippen LogP contribution in [-0.4, -0.2) is 27.9 Å². The van der Waals surface area contributed by atoms with Crippen LogP contribution in [0.2, 0.25) is 3.67 Å². The van der Waals surface area contributed by atoms with Gasteiger partial charge >= 0.3 is 64.2 Å². The Hall–Kier alpha value is -0.300. The molecule has 86 valence electrons. The first kappa shape index (κ1) is 14.8. The first-order valence-electron chi connectivity index (χ1n) is 6.82. The molecule has 0 nitrogen and oxygen atoms in total. The normalized spacial score (nSPS) is 9.82. The maximum Gasteiger partial charge on any atom is -0.0184 e. The van der Waals surface area contributed by atoms with E-state index < -0.39 is 0 Å².